The summed E-state index contributed by atoms with van der Waals surface area (Å²) in [5.74, 6) is 0.993. The van der Waals surface area contributed by atoms with Gasteiger partial charge in [0.25, 0.3) is 5.88 Å². The molecule has 33 heavy (non-hydrogen) atoms. The fourth-order valence-electron chi connectivity index (χ4n) is 4.32. The van der Waals surface area contributed by atoms with Crippen molar-refractivity contribution in [2.75, 3.05) is 12.4 Å². The van der Waals surface area contributed by atoms with Gasteiger partial charge in [-0.1, -0.05) is 17.7 Å². The van der Waals surface area contributed by atoms with Crippen molar-refractivity contribution in [3.8, 4) is 11.6 Å². The number of hydrogen-bond donors (Lipinski definition) is 1. The largest absolute Gasteiger partial charge is 0.489 e. The fraction of sp³-hybridized carbons (Fsp3) is 0.478. The average Bonchev–Trinajstić information content (AvgIpc) is 3.32. The highest BCUT2D eigenvalue weighted by Crippen LogP contribution is 2.43. The normalized spacial score (nSPS) is 21.5. The summed E-state index contributed by atoms with van der Waals surface area (Å²) in [6.45, 7) is 12.7. The van der Waals surface area contributed by atoms with Gasteiger partial charge in [-0.15, -0.1) is 0 Å². The smallest absolute Gasteiger partial charge is 0.410 e. The van der Waals surface area contributed by atoms with Crippen LogP contribution in [0.2, 0.25) is 5.02 Å². The molecule has 2 aliphatic heterocycles. The second-order valence-electron chi connectivity index (χ2n) is 9.04. The van der Waals surface area contributed by atoms with Gasteiger partial charge in [0.05, 0.1) is 30.4 Å². The minimum atomic E-state index is -0.555. The molecule has 1 aromatic heterocycles. The Labute approximate surface area is 197 Å². The van der Waals surface area contributed by atoms with Crippen molar-refractivity contribution < 1.29 is 19.0 Å². The van der Waals surface area contributed by atoms with Crippen LogP contribution in [0.5, 0.6) is 11.6 Å². The Bertz CT molecular complexity index is 1100. The topological polar surface area (TPSA) is 90.2 Å². The summed E-state index contributed by atoms with van der Waals surface area (Å²) < 4.78 is 17.4. The van der Waals surface area contributed by atoms with Crippen molar-refractivity contribution in [2.45, 2.75) is 63.8 Å². The summed E-state index contributed by atoms with van der Waals surface area (Å²) in [5, 5.41) is 3.50. The molecule has 2 saturated heterocycles. The number of methoxy groups -OCH3 is 1. The number of anilines is 2. The molecule has 0 saturated carbocycles. The van der Waals surface area contributed by atoms with Crippen LogP contribution in [-0.4, -0.2) is 51.9 Å². The van der Waals surface area contributed by atoms with E-state index in [9.17, 15) is 4.79 Å². The van der Waals surface area contributed by atoms with Crippen LogP contribution < -0.4 is 14.8 Å². The van der Waals surface area contributed by atoms with E-state index in [1.807, 2.05) is 20.8 Å². The Morgan fingerprint density at radius 1 is 1.30 bits per heavy atom. The molecule has 4 rings (SSSR count). The predicted octanol–water partition coefficient (Wildman–Crippen LogP) is 5.35. The maximum absolute atomic E-state index is 12.7. The molecule has 2 aromatic rings. The Hall–Kier alpha value is -3.25. The monoisotopic (exact) mass is 471 g/mol. The first kappa shape index (κ1) is 22.9. The second-order valence-corrected chi connectivity index (χ2v) is 9.45. The van der Waals surface area contributed by atoms with Gasteiger partial charge >= 0.3 is 6.09 Å². The first-order valence-corrected chi connectivity index (χ1v) is 11.1. The van der Waals surface area contributed by atoms with E-state index in [0.717, 1.165) is 12.8 Å². The van der Waals surface area contributed by atoms with Gasteiger partial charge in [0, 0.05) is 12.5 Å². The molecule has 1 N–H and O–H groups in total. The molecule has 2 bridgehead atoms. The number of halogens is 1. The fourth-order valence-corrected chi connectivity index (χ4v) is 4.54. The van der Waals surface area contributed by atoms with Crippen molar-refractivity contribution in [1.82, 2.24) is 14.9 Å². The van der Waals surface area contributed by atoms with Gasteiger partial charge in [-0.3, -0.25) is 4.90 Å². The van der Waals surface area contributed by atoms with Crippen LogP contribution in [0, 0.1) is 6.57 Å². The Morgan fingerprint density at radius 3 is 2.76 bits per heavy atom. The third-order valence-electron chi connectivity index (χ3n) is 5.66. The molecule has 0 radical (unpaired) electrons. The maximum atomic E-state index is 12.7. The number of nitrogens with one attached hydrogen (secondary N) is 1. The number of hydrogen-bond acceptors (Lipinski definition) is 7. The zero-order valence-corrected chi connectivity index (χ0v) is 19.7. The van der Waals surface area contributed by atoms with E-state index in [1.165, 1.54) is 13.4 Å². The molecule has 10 heteroatoms. The van der Waals surface area contributed by atoms with Crippen molar-refractivity contribution in [2.24, 2.45) is 0 Å². The maximum Gasteiger partial charge on any atom is 0.410 e. The third kappa shape index (κ3) is 4.76. The van der Waals surface area contributed by atoms with Gasteiger partial charge < -0.3 is 19.5 Å². The van der Waals surface area contributed by atoms with Gasteiger partial charge in [0.15, 0.2) is 11.5 Å². The highest BCUT2D eigenvalue weighted by atomic mass is 35.5. The van der Waals surface area contributed by atoms with Crippen LogP contribution in [0.25, 0.3) is 4.85 Å². The first-order valence-electron chi connectivity index (χ1n) is 10.7. The van der Waals surface area contributed by atoms with Gasteiger partial charge in [0.2, 0.25) is 5.75 Å². The minimum absolute atomic E-state index is 0.0834. The summed E-state index contributed by atoms with van der Waals surface area (Å²) in [7, 11) is 1.51. The molecule has 2 unspecified atom stereocenters. The predicted molar refractivity (Wildman–Crippen MR) is 123 cm³/mol. The van der Waals surface area contributed by atoms with Crippen LogP contribution in [0.3, 0.4) is 0 Å². The van der Waals surface area contributed by atoms with Crippen LogP contribution >= 0.6 is 11.6 Å². The third-order valence-corrected chi connectivity index (χ3v) is 5.97. The van der Waals surface area contributed by atoms with Gasteiger partial charge in [-0.2, -0.15) is 4.98 Å². The number of fused-ring (bicyclic) bond motifs is 2. The molecule has 2 fully saturated rings. The van der Waals surface area contributed by atoms with Crippen LogP contribution in [0.15, 0.2) is 24.5 Å². The number of benzene rings is 1. The van der Waals surface area contributed by atoms with E-state index in [0.29, 0.717) is 34.4 Å². The number of carbonyl (C=O) groups excluding carboxylic acids is 1. The Morgan fingerprint density at radius 2 is 2.09 bits per heavy atom. The summed E-state index contributed by atoms with van der Waals surface area (Å²) in [5.41, 5.74) is 0.457. The number of rotatable bonds is 5. The quantitative estimate of drug-likeness (QED) is 0.587. The molecular weight excluding hydrogens is 446 g/mol. The molecule has 3 atom stereocenters. The zero-order chi connectivity index (χ0) is 23.8. The Kier molecular flexibility index (Phi) is 6.21. The lowest BCUT2D eigenvalue weighted by atomic mass is 9.98. The van der Waals surface area contributed by atoms with Gasteiger partial charge in [0.1, 0.15) is 18.0 Å². The van der Waals surface area contributed by atoms with Crippen molar-refractivity contribution in [3.05, 3.63) is 41.0 Å². The van der Waals surface area contributed by atoms with E-state index in [2.05, 4.69) is 20.1 Å². The zero-order valence-electron chi connectivity index (χ0n) is 19.0. The number of aromatic nitrogens is 2. The lowest BCUT2D eigenvalue weighted by molar-refractivity contribution is 0.0179. The summed E-state index contributed by atoms with van der Waals surface area (Å²) in [4.78, 5) is 26.5. The number of carbonyl (C=O) groups is 1. The summed E-state index contributed by atoms with van der Waals surface area (Å²) in [6.07, 6.45) is 3.31. The Balaban J connectivity index is 1.53. The van der Waals surface area contributed by atoms with Crippen molar-refractivity contribution in [3.63, 3.8) is 0 Å². The average molecular weight is 472 g/mol. The molecule has 9 nitrogen and oxygen atoms in total. The summed E-state index contributed by atoms with van der Waals surface area (Å²) in [6, 6.07) is 4.93. The first-order chi connectivity index (χ1) is 15.7. The van der Waals surface area contributed by atoms with Crippen molar-refractivity contribution in [1.29, 1.82) is 0 Å². The van der Waals surface area contributed by atoms with E-state index in [-0.39, 0.29) is 30.2 Å². The van der Waals surface area contributed by atoms with Crippen LogP contribution in [0.4, 0.5) is 22.0 Å². The molecule has 1 aromatic carbocycles. The van der Waals surface area contributed by atoms with E-state index >= 15 is 0 Å². The number of nitrogens with zero attached hydrogens (tertiary/aromatic N) is 4. The standard InChI is InChI=1S/C23H26ClN5O4/c1-23(2,3)33-22(30)29-14-7-9-17(29)18(11-14)32-21-19(31-5)20(26-12-27-21)28-16-8-6-13(25-4)10-15(16)24/h6,8,10,12,14,17-18H,7,9,11H2,1-3,5H3,(H,26,27,28)/t14?,17?,18-/m0/s1. The highest BCUT2D eigenvalue weighted by Gasteiger charge is 2.51. The second kappa shape index (κ2) is 8.94. The minimum Gasteiger partial charge on any atom is -0.489 e. The molecule has 1 amide bonds. The van der Waals surface area contributed by atoms with Crippen molar-refractivity contribution >= 4 is 34.9 Å². The summed E-state index contributed by atoms with van der Waals surface area (Å²) >= 11 is 6.29. The number of ether oxygens (including phenoxy) is 3. The SMILES string of the molecule is [C-]#[N+]c1ccc(Nc2ncnc(O[C@H]3CC4CCC3N4C(=O)OC(C)(C)C)c2OC)c(Cl)c1. The molecule has 174 valence electrons. The highest BCUT2D eigenvalue weighted by molar-refractivity contribution is 6.33. The number of amides is 1. The lowest BCUT2D eigenvalue weighted by Gasteiger charge is -2.28. The van der Waals surface area contributed by atoms with Crippen LogP contribution in [-0.2, 0) is 4.74 Å². The van der Waals surface area contributed by atoms with Gasteiger partial charge in [-0.05, 0) is 45.7 Å². The lowest BCUT2D eigenvalue weighted by Crippen LogP contribution is -2.42. The molecule has 2 aliphatic rings. The van der Waals surface area contributed by atoms with E-state index < -0.39 is 5.60 Å². The van der Waals surface area contributed by atoms with E-state index in [1.54, 1.807) is 23.1 Å². The van der Waals surface area contributed by atoms with Crippen LogP contribution in [0.1, 0.15) is 40.0 Å². The molecular formula is C23H26ClN5O4. The molecule has 0 aliphatic carbocycles. The van der Waals surface area contributed by atoms with Gasteiger partial charge in [-0.25, -0.2) is 14.6 Å². The molecule has 0 spiro atoms. The van der Waals surface area contributed by atoms with E-state index in [4.69, 9.17) is 32.4 Å². The molecule has 3 heterocycles.